The number of likely N-dealkylation sites (N-methyl/N-ethyl adjacent to an activating group) is 2. The monoisotopic (exact) mass is 299 g/mol. The average molecular weight is 299 g/mol. The molecule has 0 aromatic rings. The van der Waals surface area contributed by atoms with Crippen LogP contribution in [-0.4, -0.2) is 66.7 Å². The molecule has 122 valence electrons. The molecule has 1 aliphatic rings. The molecule has 0 spiro atoms. The summed E-state index contributed by atoms with van der Waals surface area (Å²) in [5.74, 6) is -0.617. The largest absolute Gasteiger partial charge is 0.481 e. The molecular formula is C15H29N3O3. The van der Waals surface area contributed by atoms with Gasteiger partial charge in [0.25, 0.3) is 0 Å². The molecule has 0 heterocycles. The van der Waals surface area contributed by atoms with E-state index in [9.17, 15) is 9.59 Å². The second kappa shape index (κ2) is 7.64. The molecule has 1 fully saturated rings. The van der Waals surface area contributed by atoms with E-state index in [-0.39, 0.29) is 23.9 Å². The molecule has 6 nitrogen and oxygen atoms in total. The number of carboxylic acid groups (broad SMARTS) is 1. The number of nitrogens with zero attached hydrogens (tertiary/aromatic N) is 2. The molecule has 1 saturated carbocycles. The number of rotatable bonds is 8. The normalized spacial score (nSPS) is 18.0. The minimum atomic E-state index is -0.789. The van der Waals surface area contributed by atoms with Crippen molar-refractivity contribution >= 4 is 12.0 Å². The number of carbonyl (C=O) groups is 2. The third-order valence-electron chi connectivity index (χ3n) is 4.56. The number of hydrogen-bond donors (Lipinski definition) is 2. The molecule has 1 rings (SSSR count). The van der Waals surface area contributed by atoms with Crippen LogP contribution in [-0.2, 0) is 4.79 Å². The van der Waals surface area contributed by atoms with Crippen LogP contribution >= 0.6 is 0 Å². The first-order chi connectivity index (χ1) is 9.77. The predicted molar refractivity (Wildman–Crippen MR) is 82.3 cm³/mol. The maximum atomic E-state index is 12.1. The van der Waals surface area contributed by atoms with Crippen LogP contribution in [0.15, 0.2) is 0 Å². The van der Waals surface area contributed by atoms with E-state index in [1.807, 2.05) is 14.0 Å². The van der Waals surface area contributed by atoms with E-state index in [0.29, 0.717) is 13.0 Å². The number of urea groups is 1. The van der Waals surface area contributed by atoms with Gasteiger partial charge in [-0.2, -0.15) is 0 Å². The second-order valence-electron chi connectivity index (χ2n) is 6.55. The summed E-state index contributed by atoms with van der Waals surface area (Å²) in [5.41, 5.74) is 0.126. The van der Waals surface area contributed by atoms with E-state index < -0.39 is 5.97 Å². The fourth-order valence-electron chi connectivity index (χ4n) is 2.71. The van der Waals surface area contributed by atoms with Crippen molar-refractivity contribution in [1.82, 2.24) is 15.1 Å². The van der Waals surface area contributed by atoms with Crippen LogP contribution in [0.3, 0.4) is 0 Å². The number of hydrogen-bond acceptors (Lipinski definition) is 3. The van der Waals surface area contributed by atoms with Gasteiger partial charge in [-0.1, -0.05) is 6.92 Å². The summed E-state index contributed by atoms with van der Waals surface area (Å²) < 4.78 is 0. The van der Waals surface area contributed by atoms with Gasteiger partial charge in [0, 0.05) is 32.1 Å². The van der Waals surface area contributed by atoms with Crippen molar-refractivity contribution in [3.8, 4) is 0 Å². The van der Waals surface area contributed by atoms with Crippen LogP contribution in [0, 0.1) is 5.92 Å². The van der Waals surface area contributed by atoms with Crippen molar-refractivity contribution in [3.05, 3.63) is 0 Å². The lowest BCUT2D eigenvalue weighted by molar-refractivity contribution is -0.137. The zero-order valence-corrected chi connectivity index (χ0v) is 13.7. The van der Waals surface area contributed by atoms with Gasteiger partial charge in [-0.15, -0.1) is 0 Å². The number of aliphatic carboxylic acids is 1. The first kappa shape index (κ1) is 17.8. The quantitative estimate of drug-likeness (QED) is 0.714. The van der Waals surface area contributed by atoms with Crippen molar-refractivity contribution in [2.24, 2.45) is 5.92 Å². The first-order valence-electron chi connectivity index (χ1n) is 7.65. The fourth-order valence-corrected chi connectivity index (χ4v) is 2.71. The summed E-state index contributed by atoms with van der Waals surface area (Å²) in [4.78, 5) is 26.6. The predicted octanol–water partition coefficient (Wildman–Crippen LogP) is 1.61. The summed E-state index contributed by atoms with van der Waals surface area (Å²) in [7, 11) is 5.96. The highest BCUT2D eigenvalue weighted by Gasteiger charge is 2.40. The van der Waals surface area contributed by atoms with Gasteiger partial charge in [0.2, 0.25) is 0 Å². The van der Waals surface area contributed by atoms with E-state index in [1.165, 1.54) is 6.42 Å². The fraction of sp³-hybridized carbons (Fsp3) is 0.867. The van der Waals surface area contributed by atoms with Crippen molar-refractivity contribution in [2.45, 2.75) is 44.6 Å². The summed E-state index contributed by atoms with van der Waals surface area (Å²) in [6.45, 7) is 3.21. The standard InChI is InChI=1S/C15H29N3O3/c1-12(6-7-13(19)20)10-16-14(21)18(4)11-15(17(2)3)8-5-9-15/h12H,5-11H2,1-4H3,(H,16,21)(H,19,20). The lowest BCUT2D eigenvalue weighted by Gasteiger charge is -2.49. The van der Waals surface area contributed by atoms with E-state index in [4.69, 9.17) is 5.11 Å². The van der Waals surface area contributed by atoms with Gasteiger partial charge in [-0.25, -0.2) is 4.79 Å². The van der Waals surface area contributed by atoms with Gasteiger partial charge in [0.15, 0.2) is 0 Å². The third kappa shape index (κ3) is 5.19. The Morgan fingerprint density at radius 3 is 2.33 bits per heavy atom. The lowest BCUT2D eigenvalue weighted by atomic mass is 9.75. The number of amides is 2. The second-order valence-corrected chi connectivity index (χ2v) is 6.55. The topological polar surface area (TPSA) is 72.9 Å². The highest BCUT2D eigenvalue weighted by molar-refractivity contribution is 5.74. The molecule has 0 saturated heterocycles. The van der Waals surface area contributed by atoms with E-state index in [2.05, 4.69) is 24.3 Å². The van der Waals surface area contributed by atoms with E-state index in [1.54, 1.807) is 4.90 Å². The van der Waals surface area contributed by atoms with Crippen LogP contribution in [0.25, 0.3) is 0 Å². The van der Waals surface area contributed by atoms with Crippen LogP contribution in [0.5, 0.6) is 0 Å². The minimum Gasteiger partial charge on any atom is -0.481 e. The first-order valence-corrected chi connectivity index (χ1v) is 7.65. The smallest absolute Gasteiger partial charge is 0.317 e. The Bertz CT molecular complexity index is 367. The van der Waals surface area contributed by atoms with E-state index in [0.717, 1.165) is 19.4 Å². The highest BCUT2D eigenvalue weighted by atomic mass is 16.4. The molecule has 1 atom stereocenters. The lowest BCUT2D eigenvalue weighted by Crippen LogP contribution is -2.58. The molecular weight excluding hydrogens is 270 g/mol. The van der Waals surface area contributed by atoms with E-state index >= 15 is 0 Å². The summed E-state index contributed by atoms with van der Waals surface area (Å²) in [5, 5.41) is 11.5. The number of carbonyl (C=O) groups excluding carboxylic acids is 1. The van der Waals surface area contributed by atoms with Gasteiger partial charge in [0.1, 0.15) is 0 Å². The molecule has 0 aromatic heterocycles. The van der Waals surface area contributed by atoms with Crippen molar-refractivity contribution in [3.63, 3.8) is 0 Å². The van der Waals surface area contributed by atoms with Crippen LogP contribution in [0.2, 0.25) is 0 Å². The molecule has 1 aliphatic carbocycles. The molecule has 6 heteroatoms. The molecule has 21 heavy (non-hydrogen) atoms. The van der Waals surface area contributed by atoms with Crippen LogP contribution in [0.1, 0.15) is 39.0 Å². The van der Waals surface area contributed by atoms with Crippen molar-refractivity contribution < 1.29 is 14.7 Å². The summed E-state index contributed by atoms with van der Waals surface area (Å²) >= 11 is 0. The van der Waals surface area contributed by atoms with Gasteiger partial charge >= 0.3 is 12.0 Å². The molecule has 0 aliphatic heterocycles. The van der Waals surface area contributed by atoms with Crippen LogP contribution < -0.4 is 5.32 Å². The molecule has 0 aromatic carbocycles. The Morgan fingerprint density at radius 1 is 1.29 bits per heavy atom. The zero-order chi connectivity index (χ0) is 16.0. The Kier molecular flexibility index (Phi) is 6.45. The summed E-state index contributed by atoms with van der Waals surface area (Å²) in [6.07, 6.45) is 4.22. The average Bonchev–Trinajstić information content (AvgIpc) is 2.36. The van der Waals surface area contributed by atoms with Crippen molar-refractivity contribution in [2.75, 3.05) is 34.2 Å². The van der Waals surface area contributed by atoms with Gasteiger partial charge in [-0.05, 0) is 45.7 Å². The van der Waals surface area contributed by atoms with Gasteiger partial charge < -0.3 is 20.2 Å². The summed E-state index contributed by atoms with van der Waals surface area (Å²) in [6, 6.07) is -0.0784. The zero-order valence-electron chi connectivity index (χ0n) is 13.7. The molecule has 1 unspecified atom stereocenters. The Morgan fingerprint density at radius 2 is 1.90 bits per heavy atom. The number of carboxylic acids is 1. The Hall–Kier alpha value is -1.30. The molecule has 0 bridgehead atoms. The molecule has 2 amide bonds. The Balaban J connectivity index is 2.32. The molecule has 2 N–H and O–H groups in total. The third-order valence-corrected chi connectivity index (χ3v) is 4.56. The number of nitrogens with one attached hydrogen (secondary N) is 1. The highest BCUT2D eigenvalue weighted by Crippen LogP contribution is 2.36. The van der Waals surface area contributed by atoms with Crippen molar-refractivity contribution in [1.29, 1.82) is 0 Å². The molecule has 0 radical (unpaired) electrons. The SMILES string of the molecule is CC(CCC(=O)O)CNC(=O)N(C)CC1(N(C)C)CCC1. The maximum Gasteiger partial charge on any atom is 0.317 e. The van der Waals surface area contributed by atoms with Gasteiger partial charge in [-0.3, -0.25) is 4.79 Å². The Labute approximate surface area is 127 Å². The van der Waals surface area contributed by atoms with Crippen LogP contribution in [0.4, 0.5) is 4.79 Å². The maximum absolute atomic E-state index is 12.1. The van der Waals surface area contributed by atoms with Gasteiger partial charge in [0.05, 0.1) is 0 Å². The minimum absolute atomic E-state index is 0.0784.